The van der Waals surface area contributed by atoms with E-state index in [1.807, 2.05) is 0 Å². The summed E-state index contributed by atoms with van der Waals surface area (Å²) >= 11 is 0. The molecule has 1 aliphatic rings. The monoisotopic (exact) mass is 216 g/mol. The van der Waals surface area contributed by atoms with Gasteiger partial charge < -0.3 is 4.74 Å². The second-order valence-electron chi connectivity index (χ2n) is 4.87. The van der Waals surface area contributed by atoms with E-state index in [1.54, 1.807) is 0 Å². The van der Waals surface area contributed by atoms with Gasteiger partial charge in [-0.2, -0.15) is 0 Å². The Morgan fingerprint density at radius 1 is 1.06 bits per heavy atom. The van der Waals surface area contributed by atoms with Crippen molar-refractivity contribution in [3.8, 4) is 0 Å². The highest BCUT2D eigenvalue weighted by atomic mass is 16.5. The van der Waals surface area contributed by atoms with Crippen LogP contribution in [0.1, 0.15) is 41.7 Å². The first-order chi connectivity index (χ1) is 7.58. The molecule has 0 radical (unpaired) electrons. The highest BCUT2D eigenvalue weighted by molar-refractivity contribution is 5.38. The second-order valence-corrected chi connectivity index (χ2v) is 4.87. The number of ether oxygens (including phenoxy) is 1. The normalized spacial score (nSPS) is 20.8. The van der Waals surface area contributed by atoms with E-state index >= 15 is 0 Å². The minimum Gasteiger partial charge on any atom is -0.369 e. The van der Waals surface area contributed by atoms with Crippen molar-refractivity contribution in [2.75, 3.05) is 6.61 Å². The average Bonchev–Trinajstić information content (AvgIpc) is 2.26. The van der Waals surface area contributed by atoms with Crippen LogP contribution in [0.2, 0.25) is 0 Å². The van der Waals surface area contributed by atoms with Crippen molar-refractivity contribution < 1.29 is 4.74 Å². The van der Waals surface area contributed by atoms with Crippen LogP contribution in [0.15, 0.2) is 23.8 Å². The van der Waals surface area contributed by atoms with Gasteiger partial charge in [-0.3, -0.25) is 0 Å². The van der Waals surface area contributed by atoms with Crippen LogP contribution in [0.4, 0.5) is 0 Å². The third-order valence-corrected chi connectivity index (χ3v) is 3.51. The molecule has 1 aliphatic heterocycles. The maximum Gasteiger partial charge on any atom is 0.0864 e. The van der Waals surface area contributed by atoms with Crippen molar-refractivity contribution in [3.63, 3.8) is 0 Å². The van der Waals surface area contributed by atoms with Gasteiger partial charge in [-0.05, 0) is 56.4 Å². The highest BCUT2D eigenvalue weighted by Gasteiger charge is 2.16. The fraction of sp³-hybridized carbons (Fsp3) is 0.467. The SMILES string of the molecule is CC1=CCC(c2cc(C)c(C)c(C)c2)OC1. The van der Waals surface area contributed by atoms with E-state index in [0.29, 0.717) is 0 Å². The zero-order valence-corrected chi connectivity index (χ0v) is 10.6. The van der Waals surface area contributed by atoms with E-state index in [2.05, 4.69) is 45.9 Å². The van der Waals surface area contributed by atoms with E-state index in [4.69, 9.17) is 4.74 Å². The Morgan fingerprint density at radius 3 is 2.19 bits per heavy atom. The molecule has 0 amide bonds. The van der Waals surface area contributed by atoms with Gasteiger partial charge >= 0.3 is 0 Å². The zero-order valence-electron chi connectivity index (χ0n) is 10.6. The molecule has 0 fully saturated rings. The average molecular weight is 216 g/mol. The van der Waals surface area contributed by atoms with Crippen LogP contribution in [0.3, 0.4) is 0 Å². The smallest absolute Gasteiger partial charge is 0.0864 e. The van der Waals surface area contributed by atoms with Crippen LogP contribution in [-0.4, -0.2) is 6.61 Å². The molecule has 1 heteroatoms. The Hall–Kier alpha value is -1.08. The summed E-state index contributed by atoms with van der Waals surface area (Å²) < 4.78 is 5.86. The Kier molecular flexibility index (Phi) is 3.15. The van der Waals surface area contributed by atoms with E-state index in [-0.39, 0.29) is 6.10 Å². The molecule has 1 unspecified atom stereocenters. The van der Waals surface area contributed by atoms with Gasteiger partial charge in [0.1, 0.15) is 0 Å². The Bertz CT molecular complexity index is 406. The summed E-state index contributed by atoms with van der Waals surface area (Å²) in [6, 6.07) is 4.53. The standard InChI is InChI=1S/C15H20O/c1-10-5-6-15(16-9-10)14-7-11(2)13(4)12(3)8-14/h5,7-8,15H,6,9H2,1-4H3. The lowest BCUT2D eigenvalue weighted by Crippen LogP contribution is -2.11. The van der Waals surface area contributed by atoms with Crippen molar-refractivity contribution in [1.82, 2.24) is 0 Å². The first-order valence-corrected chi connectivity index (χ1v) is 5.93. The lowest BCUT2D eigenvalue weighted by molar-refractivity contribution is 0.0616. The first kappa shape index (κ1) is 11.4. The fourth-order valence-electron chi connectivity index (χ4n) is 2.15. The second kappa shape index (κ2) is 4.42. The third kappa shape index (κ3) is 2.19. The molecule has 1 aromatic carbocycles. The maximum absolute atomic E-state index is 5.86. The molecule has 0 bridgehead atoms. The number of benzene rings is 1. The van der Waals surface area contributed by atoms with Crippen LogP contribution in [-0.2, 0) is 4.74 Å². The predicted molar refractivity (Wildman–Crippen MR) is 67.7 cm³/mol. The summed E-state index contributed by atoms with van der Waals surface area (Å²) in [6.45, 7) is 9.43. The van der Waals surface area contributed by atoms with Gasteiger partial charge in [0.15, 0.2) is 0 Å². The Labute approximate surface area is 98.1 Å². The quantitative estimate of drug-likeness (QED) is 0.644. The topological polar surface area (TPSA) is 9.23 Å². The summed E-state index contributed by atoms with van der Waals surface area (Å²) in [7, 11) is 0. The molecule has 0 aliphatic carbocycles. The maximum atomic E-state index is 5.86. The molecular formula is C15H20O. The minimum absolute atomic E-state index is 0.252. The molecule has 0 N–H and O–H groups in total. The number of hydrogen-bond acceptors (Lipinski definition) is 1. The summed E-state index contributed by atoms with van der Waals surface area (Å²) in [4.78, 5) is 0. The molecule has 0 aromatic heterocycles. The van der Waals surface area contributed by atoms with Gasteiger partial charge in [-0.15, -0.1) is 0 Å². The number of hydrogen-bond donors (Lipinski definition) is 0. The van der Waals surface area contributed by atoms with Gasteiger partial charge in [0.05, 0.1) is 12.7 Å². The van der Waals surface area contributed by atoms with E-state index in [9.17, 15) is 0 Å². The molecule has 16 heavy (non-hydrogen) atoms. The van der Waals surface area contributed by atoms with Gasteiger partial charge in [0.25, 0.3) is 0 Å². The lowest BCUT2D eigenvalue weighted by Gasteiger charge is -2.23. The van der Waals surface area contributed by atoms with Crippen LogP contribution in [0, 0.1) is 20.8 Å². The molecule has 1 aromatic rings. The number of aryl methyl sites for hydroxylation is 2. The van der Waals surface area contributed by atoms with Gasteiger partial charge in [0.2, 0.25) is 0 Å². The van der Waals surface area contributed by atoms with Gasteiger partial charge in [-0.1, -0.05) is 23.8 Å². The van der Waals surface area contributed by atoms with Crippen molar-refractivity contribution in [3.05, 3.63) is 46.0 Å². The lowest BCUT2D eigenvalue weighted by atomic mass is 9.95. The molecule has 0 saturated heterocycles. The van der Waals surface area contributed by atoms with Crippen molar-refractivity contribution >= 4 is 0 Å². The van der Waals surface area contributed by atoms with Crippen LogP contribution in [0.25, 0.3) is 0 Å². The molecule has 1 nitrogen and oxygen atoms in total. The van der Waals surface area contributed by atoms with Crippen molar-refractivity contribution in [1.29, 1.82) is 0 Å². The van der Waals surface area contributed by atoms with Crippen molar-refractivity contribution in [2.45, 2.75) is 40.2 Å². The van der Waals surface area contributed by atoms with E-state index in [1.165, 1.54) is 27.8 Å². The van der Waals surface area contributed by atoms with Crippen LogP contribution < -0.4 is 0 Å². The van der Waals surface area contributed by atoms with Crippen LogP contribution >= 0.6 is 0 Å². The fourth-order valence-corrected chi connectivity index (χ4v) is 2.15. The van der Waals surface area contributed by atoms with Crippen LogP contribution in [0.5, 0.6) is 0 Å². The van der Waals surface area contributed by atoms with Crippen molar-refractivity contribution in [2.24, 2.45) is 0 Å². The summed E-state index contributed by atoms with van der Waals surface area (Å²) in [5.74, 6) is 0. The number of rotatable bonds is 1. The molecule has 0 saturated carbocycles. The molecule has 0 spiro atoms. The largest absolute Gasteiger partial charge is 0.369 e. The molecular weight excluding hydrogens is 196 g/mol. The minimum atomic E-state index is 0.252. The third-order valence-electron chi connectivity index (χ3n) is 3.51. The first-order valence-electron chi connectivity index (χ1n) is 5.93. The van der Waals surface area contributed by atoms with E-state index < -0.39 is 0 Å². The molecule has 1 atom stereocenters. The molecule has 2 rings (SSSR count). The Balaban J connectivity index is 2.28. The summed E-state index contributed by atoms with van der Waals surface area (Å²) in [5.41, 5.74) is 6.79. The van der Waals surface area contributed by atoms with E-state index in [0.717, 1.165) is 13.0 Å². The van der Waals surface area contributed by atoms with Gasteiger partial charge in [-0.25, -0.2) is 0 Å². The highest BCUT2D eigenvalue weighted by Crippen LogP contribution is 2.29. The molecule has 1 heterocycles. The Morgan fingerprint density at radius 2 is 1.69 bits per heavy atom. The van der Waals surface area contributed by atoms with Gasteiger partial charge in [0, 0.05) is 0 Å². The predicted octanol–water partition coefficient (Wildman–Crippen LogP) is 4.02. The summed E-state index contributed by atoms with van der Waals surface area (Å²) in [5, 5.41) is 0. The molecule has 86 valence electrons. The summed E-state index contributed by atoms with van der Waals surface area (Å²) in [6.07, 6.45) is 3.55. The zero-order chi connectivity index (χ0) is 11.7.